The average Bonchev–Trinajstić information content (AvgIpc) is 2.65. The number of benzene rings is 1. The summed E-state index contributed by atoms with van der Waals surface area (Å²) in [6.07, 6.45) is -4.22. The molecule has 3 N–H and O–H groups in total. The minimum absolute atomic E-state index is 0.00686. The molecule has 1 aliphatic rings. The van der Waals surface area contributed by atoms with Crippen molar-refractivity contribution in [1.82, 2.24) is 10.2 Å². The Morgan fingerprint density at radius 1 is 1.30 bits per heavy atom. The van der Waals surface area contributed by atoms with Crippen molar-refractivity contribution < 1.29 is 37.0 Å². The molecule has 0 unspecified atom stereocenters. The van der Waals surface area contributed by atoms with Crippen LogP contribution in [0.4, 0.5) is 23.7 Å². The van der Waals surface area contributed by atoms with Gasteiger partial charge in [0.1, 0.15) is 11.4 Å². The highest BCUT2D eigenvalue weighted by molar-refractivity contribution is 6.35. The van der Waals surface area contributed by atoms with Gasteiger partial charge in [0.05, 0.1) is 22.9 Å². The standard InChI is InChI=1S/C21H29ClF3N3O5/c1-5-31-18(29)13-9-15(32-21(23,24)25)14(16(22)17(13)26)11-28-8-6-7-12(10-28)27-19(30)33-20(2,3)4/h9,12H,5-8,10-11,26H2,1-4H3,(H,27,30)/t12-/m0/s1. The summed E-state index contributed by atoms with van der Waals surface area (Å²) < 4.78 is 53.5. The minimum atomic E-state index is -5.01. The van der Waals surface area contributed by atoms with Crippen LogP contribution in [0, 0.1) is 0 Å². The number of alkyl halides is 3. The molecule has 1 aromatic carbocycles. The zero-order valence-corrected chi connectivity index (χ0v) is 19.7. The number of nitrogen functional groups attached to an aromatic ring is 1. The molecule has 0 aromatic heterocycles. The summed E-state index contributed by atoms with van der Waals surface area (Å²) in [6, 6.07) is 0.623. The van der Waals surface area contributed by atoms with Crippen LogP contribution in [0.25, 0.3) is 0 Å². The molecule has 8 nitrogen and oxygen atoms in total. The summed E-state index contributed by atoms with van der Waals surface area (Å²) in [7, 11) is 0. The normalized spacial score (nSPS) is 17.4. The summed E-state index contributed by atoms with van der Waals surface area (Å²) in [4.78, 5) is 26.0. The fourth-order valence-corrected chi connectivity index (χ4v) is 3.70. The topological polar surface area (TPSA) is 103 Å². The Balaban J connectivity index is 2.26. The van der Waals surface area contributed by atoms with E-state index in [1.807, 2.05) is 4.90 Å². The summed E-state index contributed by atoms with van der Waals surface area (Å²) in [5, 5.41) is 2.55. The molecule has 2 rings (SSSR count). The van der Waals surface area contributed by atoms with Gasteiger partial charge in [-0.3, -0.25) is 4.90 Å². The number of nitrogens with one attached hydrogen (secondary N) is 1. The summed E-state index contributed by atoms with van der Waals surface area (Å²) >= 11 is 6.29. The summed E-state index contributed by atoms with van der Waals surface area (Å²) in [5.41, 5.74) is 4.76. The van der Waals surface area contributed by atoms with Crippen LogP contribution in [0.5, 0.6) is 5.75 Å². The predicted octanol–water partition coefficient (Wildman–Crippen LogP) is 4.49. The van der Waals surface area contributed by atoms with E-state index in [-0.39, 0.29) is 41.0 Å². The Morgan fingerprint density at radius 3 is 2.55 bits per heavy atom. The first-order chi connectivity index (χ1) is 15.2. The van der Waals surface area contributed by atoms with Gasteiger partial charge in [-0.2, -0.15) is 0 Å². The van der Waals surface area contributed by atoms with E-state index < -0.39 is 29.8 Å². The molecule has 1 atom stereocenters. The molecule has 0 aliphatic carbocycles. The molecule has 33 heavy (non-hydrogen) atoms. The smallest absolute Gasteiger partial charge is 0.462 e. The maximum Gasteiger partial charge on any atom is 0.573 e. The first kappa shape index (κ1) is 26.8. The van der Waals surface area contributed by atoms with Crippen molar-refractivity contribution >= 4 is 29.4 Å². The second-order valence-electron chi connectivity index (χ2n) is 8.62. The number of hydrogen-bond acceptors (Lipinski definition) is 7. The molecule has 1 fully saturated rings. The van der Waals surface area contributed by atoms with Gasteiger partial charge in [0, 0.05) is 24.7 Å². The first-order valence-electron chi connectivity index (χ1n) is 10.5. The number of halogens is 4. The number of likely N-dealkylation sites (tertiary alicyclic amines) is 1. The number of anilines is 1. The Kier molecular flexibility index (Phi) is 8.69. The third kappa shape index (κ3) is 8.15. The third-order valence-electron chi connectivity index (χ3n) is 4.69. The van der Waals surface area contributed by atoms with Crippen LogP contribution < -0.4 is 15.8 Å². The van der Waals surface area contributed by atoms with Gasteiger partial charge in [0.15, 0.2) is 0 Å². The lowest BCUT2D eigenvalue weighted by molar-refractivity contribution is -0.275. The van der Waals surface area contributed by atoms with Crippen molar-refractivity contribution in [2.24, 2.45) is 0 Å². The Labute approximate surface area is 195 Å². The molecule has 1 heterocycles. The van der Waals surface area contributed by atoms with Crippen molar-refractivity contribution in [2.75, 3.05) is 25.4 Å². The van der Waals surface area contributed by atoms with Crippen LogP contribution in [-0.4, -0.2) is 54.7 Å². The third-order valence-corrected chi connectivity index (χ3v) is 5.13. The lowest BCUT2D eigenvalue weighted by Gasteiger charge is -2.34. The molecule has 0 spiro atoms. The van der Waals surface area contributed by atoms with Crippen molar-refractivity contribution in [3.05, 3.63) is 22.2 Å². The van der Waals surface area contributed by atoms with Crippen molar-refractivity contribution in [1.29, 1.82) is 0 Å². The van der Waals surface area contributed by atoms with Gasteiger partial charge in [-0.1, -0.05) is 11.6 Å². The molecule has 1 saturated heterocycles. The van der Waals surface area contributed by atoms with Gasteiger partial charge in [-0.25, -0.2) is 9.59 Å². The van der Waals surface area contributed by atoms with Crippen LogP contribution in [0.15, 0.2) is 6.07 Å². The number of carbonyl (C=O) groups excluding carboxylic acids is 2. The van der Waals surface area contributed by atoms with Crippen molar-refractivity contribution in [3.63, 3.8) is 0 Å². The number of piperidine rings is 1. The molecule has 1 aliphatic heterocycles. The van der Waals surface area contributed by atoms with Gasteiger partial charge in [-0.15, -0.1) is 13.2 Å². The van der Waals surface area contributed by atoms with Gasteiger partial charge >= 0.3 is 18.4 Å². The molecule has 1 amide bonds. The number of amides is 1. The molecule has 0 saturated carbocycles. The van der Waals surface area contributed by atoms with Gasteiger partial charge in [0.2, 0.25) is 0 Å². The van der Waals surface area contributed by atoms with Gasteiger partial charge in [0.25, 0.3) is 0 Å². The van der Waals surface area contributed by atoms with Crippen LogP contribution >= 0.6 is 11.6 Å². The Bertz CT molecular complexity index is 874. The molecule has 12 heteroatoms. The van der Waals surface area contributed by atoms with Gasteiger partial charge < -0.3 is 25.3 Å². The number of rotatable bonds is 6. The largest absolute Gasteiger partial charge is 0.573 e. The Morgan fingerprint density at radius 2 is 1.97 bits per heavy atom. The minimum Gasteiger partial charge on any atom is -0.462 e. The summed E-state index contributed by atoms with van der Waals surface area (Å²) in [5.74, 6) is -1.54. The quantitative estimate of drug-likeness (QED) is 0.443. The van der Waals surface area contributed by atoms with E-state index in [4.69, 9.17) is 26.8 Å². The molecule has 0 radical (unpaired) electrons. The number of nitrogens with two attached hydrogens (primary N) is 1. The highest BCUT2D eigenvalue weighted by atomic mass is 35.5. The molecule has 0 bridgehead atoms. The fraction of sp³-hybridized carbons (Fsp3) is 0.619. The van der Waals surface area contributed by atoms with E-state index in [0.717, 1.165) is 6.07 Å². The first-order valence-corrected chi connectivity index (χ1v) is 10.8. The molecule has 186 valence electrons. The van der Waals surface area contributed by atoms with E-state index in [1.54, 1.807) is 27.7 Å². The predicted molar refractivity (Wildman–Crippen MR) is 116 cm³/mol. The lowest BCUT2D eigenvalue weighted by Crippen LogP contribution is -2.48. The zero-order valence-electron chi connectivity index (χ0n) is 19.0. The van der Waals surface area contributed by atoms with Crippen LogP contribution in [-0.2, 0) is 16.0 Å². The maximum absolute atomic E-state index is 13.1. The highest BCUT2D eigenvalue weighted by Gasteiger charge is 2.35. The molecular weight excluding hydrogens is 467 g/mol. The summed E-state index contributed by atoms with van der Waals surface area (Å²) in [6.45, 7) is 7.65. The highest BCUT2D eigenvalue weighted by Crippen LogP contribution is 2.39. The van der Waals surface area contributed by atoms with Crippen LogP contribution in [0.3, 0.4) is 0 Å². The lowest BCUT2D eigenvalue weighted by atomic mass is 10.0. The maximum atomic E-state index is 13.1. The number of hydrogen-bond donors (Lipinski definition) is 2. The van der Waals surface area contributed by atoms with E-state index in [9.17, 15) is 22.8 Å². The van der Waals surface area contributed by atoms with Crippen LogP contribution in [0.1, 0.15) is 56.5 Å². The number of esters is 1. The number of ether oxygens (including phenoxy) is 3. The Hall–Kier alpha value is -2.40. The molecule has 1 aromatic rings. The average molecular weight is 496 g/mol. The van der Waals surface area contributed by atoms with E-state index in [0.29, 0.717) is 25.9 Å². The van der Waals surface area contributed by atoms with E-state index in [1.165, 1.54) is 0 Å². The number of nitrogens with zero attached hydrogens (tertiary/aromatic N) is 1. The van der Waals surface area contributed by atoms with Crippen molar-refractivity contribution in [3.8, 4) is 5.75 Å². The molecular formula is C21H29ClF3N3O5. The van der Waals surface area contributed by atoms with E-state index in [2.05, 4.69) is 10.1 Å². The second kappa shape index (κ2) is 10.7. The second-order valence-corrected chi connectivity index (χ2v) is 9.00. The number of carbonyl (C=O) groups is 2. The van der Waals surface area contributed by atoms with Crippen LogP contribution in [0.2, 0.25) is 5.02 Å². The number of alkyl carbamates (subject to hydrolysis) is 1. The van der Waals surface area contributed by atoms with E-state index >= 15 is 0 Å². The monoisotopic (exact) mass is 495 g/mol. The zero-order chi connectivity index (χ0) is 25.0. The SMILES string of the molecule is CCOC(=O)c1cc(OC(F)(F)F)c(CN2CCC[C@H](NC(=O)OC(C)(C)C)C2)c(Cl)c1N. The van der Waals surface area contributed by atoms with Crippen molar-refractivity contribution in [2.45, 2.75) is 65.1 Å². The van der Waals surface area contributed by atoms with Gasteiger partial charge in [-0.05, 0) is 53.1 Å². The fourth-order valence-electron chi connectivity index (χ4n) is 3.44.